The van der Waals surface area contributed by atoms with E-state index in [4.69, 9.17) is 29.9 Å². The number of carbonyl (C=O) groups is 3. The first-order valence-corrected chi connectivity index (χ1v) is 18.3. The Morgan fingerprint density at radius 1 is 0.833 bits per heavy atom. The molecule has 278 valence electrons. The Bertz CT molecular complexity index is 1670. The minimum atomic E-state index is -5.68. The second-order valence-corrected chi connectivity index (χ2v) is 12.6. The number of amides is 1. The van der Waals surface area contributed by atoms with E-state index in [0.29, 0.717) is 6.42 Å². The van der Waals surface area contributed by atoms with Gasteiger partial charge in [-0.2, -0.15) is 0 Å². The fourth-order valence-corrected chi connectivity index (χ4v) is 5.10. The van der Waals surface area contributed by atoms with Crippen LogP contribution in [0, 0.1) is 83.4 Å². The molecule has 0 saturated carbocycles. The van der Waals surface area contributed by atoms with Crippen molar-refractivity contribution in [2.24, 2.45) is 0 Å². The number of hydrogen-bond acceptors (Lipinski definition) is 11. The molecule has 0 aromatic heterocycles. The minimum Gasteiger partial charge on any atom is -0.790 e. The molecule has 1 aliphatic rings. The Morgan fingerprint density at radius 2 is 1.37 bits per heavy atom. The van der Waals surface area contributed by atoms with Crippen molar-refractivity contribution in [3.8, 4) is 83.4 Å². The number of esters is 1. The van der Waals surface area contributed by atoms with E-state index in [1.807, 2.05) is 0 Å². The molecule has 1 amide bonds. The SMILES string of the molecule is C#CC#CC#CC#CC#CC#CC#CCC(=O)CC(=O)N[C@H]1[C@@H](OP(=O)([O-])[O-])O[C@H](COC(C)C)[C@@H](OC(C)=O)[C@@H]1OCCCCCCCCCC.[Na+].[Na+]. The minimum absolute atomic E-state index is 0. The van der Waals surface area contributed by atoms with E-state index in [0.717, 1.165) is 39.0 Å². The van der Waals surface area contributed by atoms with Crippen LogP contribution in [0.5, 0.6) is 0 Å². The first kappa shape index (κ1) is 53.6. The number of ether oxygens (including phenoxy) is 4. The molecule has 1 fully saturated rings. The molecule has 15 heteroatoms. The van der Waals surface area contributed by atoms with Crippen molar-refractivity contribution >= 4 is 25.5 Å². The number of Topliss-reactive ketones (excluding diaryl/α,β-unsaturated/α-hetero) is 1. The standard InChI is InChI=1S/C39H46NO11P.2Na/c1-6-8-10-12-14-16-17-18-19-20-21-23-25-27-33(42)29-35(43)40-36-38(47-28-26-24-22-15-13-11-9-7-2)37(49-32(5)41)34(30-48-31(3)4)50-39(36)51-52(44,45)46;;/h1,31,34,36-39H,7,9,11,13,15,22,24,26-30H2,2-5H3,(H,40,43)(H2,44,45,46);;/q;2*+1/p-2/t34-,36-,37-,38-,39-;;/m1../s1. The number of phosphoric acid groups is 1. The van der Waals surface area contributed by atoms with Gasteiger partial charge in [0.2, 0.25) is 5.91 Å². The molecule has 1 heterocycles. The smallest absolute Gasteiger partial charge is 0.790 e. The van der Waals surface area contributed by atoms with Crippen molar-refractivity contribution in [3.05, 3.63) is 0 Å². The summed E-state index contributed by atoms with van der Waals surface area (Å²) >= 11 is 0. The number of carbonyl (C=O) groups excluding carboxylic acids is 3. The quantitative estimate of drug-likeness (QED) is 0.0319. The van der Waals surface area contributed by atoms with Crippen LogP contribution in [-0.2, 0) is 42.4 Å². The average Bonchev–Trinajstić information content (AvgIpc) is 3.06. The summed E-state index contributed by atoms with van der Waals surface area (Å²) in [6.07, 6.45) is 6.29. The summed E-state index contributed by atoms with van der Waals surface area (Å²) in [5.41, 5.74) is 0. The number of unbranched alkanes of at least 4 members (excludes halogenated alkanes) is 7. The third kappa shape index (κ3) is 27.2. The van der Waals surface area contributed by atoms with Gasteiger partial charge in [-0.05, 0) is 91.3 Å². The Kier molecular flexibility index (Phi) is 32.5. The van der Waals surface area contributed by atoms with E-state index in [1.54, 1.807) is 13.8 Å². The van der Waals surface area contributed by atoms with Gasteiger partial charge in [-0.15, -0.1) is 6.42 Å². The van der Waals surface area contributed by atoms with Gasteiger partial charge < -0.3 is 43.1 Å². The molecule has 5 atom stereocenters. The van der Waals surface area contributed by atoms with E-state index >= 15 is 0 Å². The first-order chi connectivity index (χ1) is 24.9. The summed E-state index contributed by atoms with van der Waals surface area (Å²) in [4.78, 5) is 61.3. The van der Waals surface area contributed by atoms with E-state index in [1.165, 1.54) is 12.8 Å². The number of rotatable bonds is 20. The van der Waals surface area contributed by atoms with Crippen LogP contribution in [0.2, 0.25) is 0 Å². The average molecular weight is 780 g/mol. The molecule has 0 radical (unpaired) electrons. The topological polar surface area (TPSA) is 173 Å². The maximum Gasteiger partial charge on any atom is 1.00 e. The predicted octanol–water partition coefficient (Wildman–Crippen LogP) is -4.07. The van der Waals surface area contributed by atoms with Crippen molar-refractivity contribution in [2.45, 2.75) is 129 Å². The fourth-order valence-electron chi connectivity index (χ4n) is 4.67. The summed E-state index contributed by atoms with van der Waals surface area (Å²) in [7, 11) is -5.68. The van der Waals surface area contributed by atoms with Crippen LogP contribution in [0.4, 0.5) is 0 Å². The summed E-state index contributed by atoms with van der Waals surface area (Å²) in [6.45, 7) is 6.76. The summed E-state index contributed by atoms with van der Waals surface area (Å²) < 4.78 is 39.6. The Labute approximate surface area is 364 Å². The molecule has 0 aromatic carbocycles. The largest absolute Gasteiger partial charge is 1.00 e. The van der Waals surface area contributed by atoms with E-state index < -0.39 is 62.5 Å². The van der Waals surface area contributed by atoms with Crippen molar-refractivity contribution in [3.63, 3.8) is 0 Å². The van der Waals surface area contributed by atoms with Crippen LogP contribution in [0.15, 0.2) is 0 Å². The molecule has 1 rings (SSSR count). The van der Waals surface area contributed by atoms with E-state index in [-0.39, 0.29) is 84.9 Å². The molecule has 0 unspecified atom stereocenters. The van der Waals surface area contributed by atoms with E-state index in [2.05, 4.69) is 89.2 Å². The molecule has 0 aliphatic carbocycles. The van der Waals surface area contributed by atoms with Crippen LogP contribution in [-0.4, -0.2) is 67.6 Å². The normalized spacial score (nSPS) is 17.9. The van der Waals surface area contributed by atoms with Crippen molar-refractivity contribution in [1.29, 1.82) is 0 Å². The van der Waals surface area contributed by atoms with Crippen molar-refractivity contribution in [1.82, 2.24) is 5.32 Å². The van der Waals surface area contributed by atoms with Gasteiger partial charge in [-0.25, -0.2) is 0 Å². The molecule has 1 saturated heterocycles. The molecule has 0 aromatic rings. The van der Waals surface area contributed by atoms with Gasteiger partial charge in [0.05, 0.1) is 33.4 Å². The van der Waals surface area contributed by atoms with E-state index in [9.17, 15) is 28.7 Å². The first-order valence-electron chi connectivity index (χ1n) is 16.9. The fraction of sp³-hybridized carbons (Fsp3) is 0.564. The summed E-state index contributed by atoms with van der Waals surface area (Å²) in [5.74, 6) is 29.0. The molecular formula is C39H44NNa2O11P. The van der Waals surface area contributed by atoms with Gasteiger partial charge in [0.25, 0.3) is 0 Å². The number of phosphoric ester groups is 1. The summed E-state index contributed by atoms with van der Waals surface area (Å²) in [6, 6.07) is -1.48. The zero-order valence-corrected chi connectivity index (χ0v) is 36.9. The van der Waals surface area contributed by atoms with Crippen molar-refractivity contribution in [2.75, 3.05) is 13.2 Å². The van der Waals surface area contributed by atoms with Gasteiger partial charge in [-0.3, -0.25) is 14.4 Å². The third-order valence-electron chi connectivity index (χ3n) is 6.84. The molecular weight excluding hydrogens is 735 g/mol. The van der Waals surface area contributed by atoms with Gasteiger partial charge in [0, 0.05) is 13.5 Å². The molecule has 0 bridgehead atoms. The summed E-state index contributed by atoms with van der Waals surface area (Å²) in [5, 5.41) is 2.49. The predicted molar refractivity (Wildman–Crippen MR) is 188 cm³/mol. The second kappa shape index (κ2) is 32.7. The second-order valence-electron chi connectivity index (χ2n) is 11.5. The number of hydrogen-bond donors (Lipinski definition) is 1. The molecule has 12 nitrogen and oxygen atoms in total. The van der Waals surface area contributed by atoms with Crippen LogP contribution >= 0.6 is 7.82 Å². The number of ketones is 1. The van der Waals surface area contributed by atoms with Gasteiger partial charge in [0.1, 0.15) is 18.2 Å². The monoisotopic (exact) mass is 779 g/mol. The van der Waals surface area contributed by atoms with Crippen LogP contribution in [0.1, 0.15) is 91.9 Å². The van der Waals surface area contributed by atoms with Gasteiger partial charge >= 0.3 is 65.1 Å². The van der Waals surface area contributed by atoms with Gasteiger partial charge in [0.15, 0.2) is 18.2 Å². The van der Waals surface area contributed by atoms with Crippen LogP contribution in [0.25, 0.3) is 0 Å². The molecule has 54 heavy (non-hydrogen) atoms. The Morgan fingerprint density at radius 3 is 1.89 bits per heavy atom. The molecule has 0 spiro atoms. The zero-order chi connectivity index (χ0) is 38.6. The van der Waals surface area contributed by atoms with Crippen LogP contribution < -0.4 is 74.2 Å². The Balaban J connectivity index is 0. The maximum atomic E-state index is 13.1. The number of nitrogens with one attached hydrogen (secondary N) is 1. The maximum absolute atomic E-state index is 13.1. The molecule has 1 aliphatic heterocycles. The third-order valence-corrected chi connectivity index (χ3v) is 7.31. The molecule has 1 N–H and O–H groups in total. The van der Waals surface area contributed by atoms with Crippen molar-refractivity contribution < 1.29 is 111 Å². The Hall–Kier alpha value is -2.48. The zero-order valence-electron chi connectivity index (χ0n) is 32.0. The van der Waals surface area contributed by atoms with Crippen LogP contribution in [0.3, 0.4) is 0 Å². The number of terminal acetylenes is 1. The van der Waals surface area contributed by atoms with Gasteiger partial charge in [-0.1, -0.05) is 57.8 Å².